The third-order valence-corrected chi connectivity index (χ3v) is 5.68. The first-order valence-corrected chi connectivity index (χ1v) is 11.5. The number of ether oxygens (including phenoxy) is 2. The van der Waals surface area contributed by atoms with E-state index in [0.717, 1.165) is 30.0 Å². The van der Waals surface area contributed by atoms with Crippen LogP contribution < -0.4 is 25.2 Å². The predicted octanol–water partition coefficient (Wildman–Crippen LogP) is 4.42. The average Bonchev–Trinajstić information content (AvgIpc) is 3.28. The van der Waals surface area contributed by atoms with E-state index in [1.165, 1.54) is 0 Å². The lowest BCUT2D eigenvalue weighted by molar-refractivity contribution is -0.114. The van der Waals surface area contributed by atoms with Gasteiger partial charge in [0, 0.05) is 24.3 Å². The number of hydrogen-bond acceptors (Lipinski definition) is 7. The minimum atomic E-state index is -0.379. The van der Waals surface area contributed by atoms with E-state index in [-0.39, 0.29) is 11.6 Å². The van der Waals surface area contributed by atoms with Gasteiger partial charge in [-0.1, -0.05) is 30.3 Å². The third-order valence-electron chi connectivity index (χ3n) is 5.68. The Morgan fingerprint density at radius 1 is 0.971 bits per heavy atom. The van der Waals surface area contributed by atoms with E-state index in [1.807, 2.05) is 60.7 Å². The van der Waals surface area contributed by atoms with Crippen molar-refractivity contribution in [2.24, 2.45) is 10.2 Å². The van der Waals surface area contributed by atoms with Gasteiger partial charge in [-0.3, -0.25) is 10.2 Å². The number of hydrogen-bond donors (Lipinski definition) is 2. The highest BCUT2D eigenvalue weighted by molar-refractivity contribution is 6.72. The number of anilines is 2. The van der Waals surface area contributed by atoms with E-state index >= 15 is 0 Å². The zero-order valence-corrected chi connectivity index (χ0v) is 20.1. The molecule has 0 radical (unpaired) electrons. The first-order chi connectivity index (χ1) is 17.1. The molecular formula is C27H29N5O3. The van der Waals surface area contributed by atoms with Crippen molar-refractivity contribution in [3.05, 3.63) is 83.9 Å². The molecule has 0 aliphatic carbocycles. The van der Waals surface area contributed by atoms with Crippen LogP contribution in [0, 0.1) is 0 Å². The number of nitrogens with one attached hydrogen (secondary N) is 2. The van der Waals surface area contributed by atoms with Crippen LogP contribution in [0.4, 0.5) is 11.4 Å². The zero-order valence-electron chi connectivity index (χ0n) is 20.1. The minimum absolute atomic E-state index is 0.192. The van der Waals surface area contributed by atoms with E-state index in [9.17, 15) is 4.79 Å². The summed E-state index contributed by atoms with van der Waals surface area (Å²) in [5.41, 5.74) is 9.73. The van der Waals surface area contributed by atoms with Crippen LogP contribution in [0.3, 0.4) is 0 Å². The summed E-state index contributed by atoms with van der Waals surface area (Å²) < 4.78 is 11.5. The minimum Gasteiger partial charge on any atom is -0.493 e. The summed E-state index contributed by atoms with van der Waals surface area (Å²) in [6, 6.07) is 23.2. The molecule has 8 heteroatoms. The van der Waals surface area contributed by atoms with Crippen LogP contribution in [0.15, 0.2) is 83.0 Å². The predicted molar refractivity (Wildman–Crippen MR) is 140 cm³/mol. The SMILES string of the molecule is CCN(CC)c1ccc(N/N=C2/C(=O)NN=C2c2ccc(OCc3ccccc3)c(OC)c2)cc1. The van der Waals surface area contributed by atoms with E-state index in [1.54, 1.807) is 19.2 Å². The van der Waals surface area contributed by atoms with Crippen LogP contribution in [0.25, 0.3) is 0 Å². The van der Waals surface area contributed by atoms with Crippen molar-refractivity contribution in [1.29, 1.82) is 0 Å². The van der Waals surface area contributed by atoms with Gasteiger partial charge < -0.3 is 14.4 Å². The van der Waals surface area contributed by atoms with Crippen molar-refractivity contribution in [3.8, 4) is 11.5 Å². The van der Waals surface area contributed by atoms with Gasteiger partial charge in [0.15, 0.2) is 17.2 Å². The molecular weight excluding hydrogens is 442 g/mol. The maximum atomic E-state index is 12.4. The lowest BCUT2D eigenvalue weighted by Gasteiger charge is -2.21. The van der Waals surface area contributed by atoms with Crippen LogP contribution in [0.2, 0.25) is 0 Å². The summed E-state index contributed by atoms with van der Waals surface area (Å²) in [7, 11) is 1.58. The molecule has 0 spiro atoms. The number of carbonyl (C=O) groups is 1. The standard InChI is InChI=1S/C27H29N5O3/c1-4-32(5-2)22-14-12-21(13-15-22)28-30-26-25(29-31-27(26)33)20-11-16-23(24(17-20)34-3)35-18-19-9-7-6-8-10-19/h6-17,28H,4-5,18H2,1-3H3,(H,30,31,33). The second kappa shape index (κ2) is 11.2. The Bertz CT molecular complexity index is 1220. The molecule has 3 aromatic carbocycles. The Labute approximate surface area is 205 Å². The molecule has 3 aromatic rings. The van der Waals surface area contributed by atoms with E-state index in [0.29, 0.717) is 29.4 Å². The number of rotatable bonds is 10. The number of methoxy groups -OCH3 is 1. The van der Waals surface area contributed by atoms with Crippen molar-refractivity contribution in [3.63, 3.8) is 0 Å². The summed E-state index contributed by atoms with van der Waals surface area (Å²) in [5.74, 6) is 0.762. The summed E-state index contributed by atoms with van der Waals surface area (Å²) in [6.07, 6.45) is 0. The average molecular weight is 472 g/mol. The van der Waals surface area contributed by atoms with Crippen LogP contribution in [-0.2, 0) is 11.4 Å². The molecule has 4 rings (SSSR count). The summed E-state index contributed by atoms with van der Waals surface area (Å²) >= 11 is 0. The maximum absolute atomic E-state index is 12.4. The largest absolute Gasteiger partial charge is 0.493 e. The van der Waals surface area contributed by atoms with Gasteiger partial charge in [-0.15, -0.1) is 0 Å². The van der Waals surface area contributed by atoms with Gasteiger partial charge in [0.25, 0.3) is 5.91 Å². The fourth-order valence-corrected chi connectivity index (χ4v) is 3.75. The monoisotopic (exact) mass is 471 g/mol. The Hall–Kier alpha value is -4.33. The third kappa shape index (κ3) is 5.60. The number of amides is 1. The molecule has 0 saturated carbocycles. The fourth-order valence-electron chi connectivity index (χ4n) is 3.75. The fraction of sp³-hybridized carbons (Fsp3) is 0.222. The first-order valence-electron chi connectivity index (χ1n) is 11.5. The van der Waals surface area contributed by atoms with Crippen LogP contribution in [0.1, 0.15) is 25.0 Å². The molecule has 0 saturated heterocycles. The topological polar surface area (TPSA) is 87.6 Å². The molecule has 0 fully saturated rings. The highest BCUT2D eigenvalue weighted by Crippen LogP contribution is 2.29. The lowest BCUT2D eigenvalue weighted by atomic mass is 10.1. The first kappa shape index (κ1) is 23.8. The molecule has 0 unspecified atom stereocenters. The smallest absolute Gasteiger partial charge is 0.294 e. The molecule has 1 aliphatic heterocycles. The molecule has 1 heterocycles. The van der Waals surface area contributed by atoms with Gasteiger partial charge in [0.1, 0.15) is 12.3 Å². The number of nitrogens with zero attached hydrogens (tertiary/aromatic N) is 3. The van der Waals surface area contributed by atoms with Gasteiger partial charge in [0.2, 0.25) is 0 Å². The van der Waals surface area contributed by atoms with Gasteiger partial charge in [-0.2, -0.15) is 10.2 Å². The molecule has 1 aliphatic rings. The molecule has 2 N–H and O–H groups in total. The number of hydrazone groups is 2. The van der Waals surface area contributed by atoms with Crippen molar-refractivity contribution in [1.82, 2.24) is 5.43 Å². The van der Waals surface area contributed by atoms with Gasteiger partial charge in [-0.25, -0.2) is 5.43 Å². The second-order valence-electron chi connectivity index (χ2n) is 7.83. The summed E-state index contributed by atoms with van der Waals surface area (Å²) in [6.45, 7) is 6.54. The van der Waals surface area contributed by atoms with Crippen LogP contribution in [-0.4, -0.2) is 37.5 Å². The van der Waals surface area contributed by atoms with Crippen molar-refractivity contribution >= 4 is 28.7 Å². The number of carbonyl (C=O) groups excluding carboxylic acids is 1. The van der Waals surface area contributed by atoms with Crippen molar-refractivity contribution < 1.29 is 14.3 Å². The Morgan fingerprint density at radius 3 is 2.40 bits per heavy atom. The highest BCUT2D eigenvalue weighted by atomic mass is 16.5. The zero-order chi connectivity index (χ0) is 24.6. The molecule has 180 valence electrons. The lowest BCUT2D eigenvalue weighted by Crippen LogP contribution is -2.25. The van der Waals surface area contributed by atoms with E-state index in [4.69, 9.17) is 9.47 Å². The number of benzene rings is 3. The van der Waals surface area contributed by atoms with Crippen LogP contribution in [0.5, 0.6) is 11.5 Å². The quantitative estimate of drug-likeness (QED) is 0.428. The summed E-state index contributed by atoms with van der Waals surface area (Å²) in [4.78, 5) is 14.7. The maximum Gasteiger partial charge on any atom is 0.294 e. The van der Waals surface area contributed by atoms with Gasteiger partial charge >= 0.3 is 0 Å². The highest BCUT2D eigenvalue weighted by Gasteiger charge is 2.27. The molecule has 1 amide bonds. The van der Waals surface area contributed by atoms with Crippen LogP contribution >= 0.6 is 0 Å². The second-order valence-corrected chi connectivity index (χ2v) is 7.83. The van der Waals surface area contributed by atoms with E-state index < -0.39 is 0 Å². The van der Waals surface area contributed by atoms with Crippen molar-refractivity contribution in [2.45, 2.75) is 20.5 Å². The van der Waals surface area contributed by atoms with E-state index in [2.05, 4.69) is 39.8 Å². The normalized spacial score (nSPS) is 13.9. The molecule has 0 bridgehead atoms. The Balaban J connectivity index is 1.49. The van der Waals surface area contributed by atoms with Gasteiger partial charge in [0.05, 0.1) is 12.8 Å². The van der Waals surface area contributed by atoms with Crippen molar-refractivity contribution in [2.75, 3.05) is 30.5 Å². The molecule has 8 nitrogen and oxygen atoms in total. The molecule has 0 aromatic heterocycles. The molecule has 0 atom stereocenters. The Kier molecular flexibility index (Phi) is 7.62. The van der Waals surface area contributed by atoms with Gasteiger partial charge in [-0.05, 0) is 61.9 Å². The summed E-state index contributed by atoms with van der Waals surface area (Å²) in [5, 5.41) is 8.52. The molecule has 35 heavy (non-hydrogen) atoms. The Morgan fingerprint density at radius 2 is 1.71 bits per heavy atom.